The molecule has 1 aromatic heterocycles. The molecule has 1 heterocycles. The Morgan fingerprint density at radius 2 is 2.05 bits per heavy atom. The molecular formula is C12H12BrN3O3S. The number of pyridine rings is 1. The van der Waals surface area contributed by atoms with Gasteiger partial charge in [0.15, 0.2) is 0 Å². The Morgan fingerprint density at radius 3 is 2.65 bits per heavy atom. The number of nitrogens with one attached hydrogen (secondary N) is 1. The van der Waals surface area contributed by atoms with E-state index in [-0.39, 0.29) is 10.7 Å². The minimum atomic E-state index is -3.72. The molecule has 0 saturated carbocycles. The Morgan fingerprint density at radius 1 is 1.30 bits per heavy atom. The van der Waals surface area contributed by atoms with Crippen molar-refractivity contribution in [3.05, 3.63) is 41.0 Å². The van der Waals surface area contributed by atoms with E-state index in [4.69, 9.17) is 10.5 Å². The fourth-order valence-electron chi connectivity index (χ4n) is 1.50. The molecule has 106 valence electrons. The molecule has 0 aliphatic heterocycles. The lowest BCUT2D eigenvalue weighted by Gasteiger charge is -2.10. The van der Waals surface area contributed by atoms with E-state index >= 15 is 0 Å². The lowest BCUT2D eigenvalue weighted by atomic mass is 10.3. The minimum Gasteiger partial charge on any atom is -0.497 e. The number of nitrogens with zero attached hydrogens (tertiary/aromatic N) is 1. The molecule has 0 spiro atoms. The number of halogens is 1. The van der Waals surface area contributed by atoms with Gasteiger partial charge in [0.1, 0.15) is 16.5 Å². The van der Waals surface area contributed by atoms with Crippen molar-refractivity contribution in [2.24, 2.45) is 0 Å². The molecule has 0 unspecified atom stereocenters. The smallest absolute Gasteiger partial charge is 0.263 e. The average molecular weight is 358 g/mol. The van der Waals surface area contributed by atoms with Crippen LogP contribution in [0.15, 0.2) is 45.9 Å². The molecule has 2 aromatic rings. The molecule has 8 heteroatoms. The van der Waals surface area contributed by atoms with Crippen LogP contribution in [0.2, 0.25) is 0 Å². The summed E-state index contributed by atoms with van der Waals surface area (Å²) in [5.41, 5.74) is 5.81. The molecule has 0 fully saturated rings. The Hall–Kier alpha value is -1.80. The molecule has 3 N–H and O–H groups in total. The predicted molar refractivity (Wildman–Crippen MR) is 80.2 cm³/mol. The van der Waals surface area contributed by atoms with Crippen molar-refractivity contribution in [1.82, 2.24) is 4.98 Å². The first-order chi connectivity index (χ1) is 9.40. The quantitative estimate of drug-likeness (QED) is 0.874. The van der Waals surface area contributed by atoms with E-state index in [1.54, 1.807) is 18.2 Å². The molecule has 0 saturated heterocycles. The highest BCUT2D eigenvalue weighted by Gasteiger charge is 2.15. The van der Waals surface area contributed by atoms with Gasteiger partial charge in [0.25, 0.3) is 10.0 Å². The van der Waals surface area contributed by atoms with Gasteiger partial charge < -0.3 is 10.5 Å². The molecule has 0 amide bonds. The number of methoxy groups -OCH3 is 1. The highest BCUT2D eigenvalue weighted by molar-refractivity contribution is 9.10. The van der Waals surface area contributed by atoms with Gasteiger partial charge in [-0.15, -0.1) is 0 Å². The van der Waals surface area contributed by atoms with Crippen molar-refractivity contribution < 1.29 is 13.2 Å². The zero-order valence-electron chi connectivity index (χ0n) is 10.5. The van der Waals surface area contributed by atoms with Gasteiger partial charge in [0.2, 0.25) is 0 Å². The third-order valence-electron chi connectivity index (χ3n) is 2.43. The fraction of sp³-hybridized carbons (Fsp3) is 0.0833. The zero-order chi connectivity index (χ0) is 14.8. The van der Waals surface area contributed by atoms with E-state index < -0.39 is 10.0 Å². The second-order valence-corrected chi connectivity index (χ2v) is 6.50. The van der Waals surface area contributed by atoms with Crippen molar-refractivity contribution >= 4 is 37.5 Å². The maximum absolute atomic E-state index is 12.2. The molecule has 1 aromatic carbocycles. The maximum Gasteiger partial charge on any atom is 0.263 e. The highest BCUT2D eigenvalue weighted by Crippen LogP contribution is 2.26. The van der Waals surface area contributed by atoms with Gasteiger partial charge in [0.05, 0.1) is 12.8 Å². The topological polar surface area (TPSA) is 94.3 Å². The third-order valence-corrected chi connectivity index (χ3v) is 4.25. The van der Waals surface area contributed by atoms with Crippen LogP contribution in [0, 0.1) is 0 Å². The van der Waals surface area contributed by atoms with Crippen molar-refractivity contribution in [3.8, 4) is 5.75 Å². The molecular weight excluding hydrogens is 346 g/mol. The summed E-state index contributed by atoms with van der Waals surface area (Å²) >= 11 is 3.28. The number of hydrogen-bond acceptors (Lipinski definition) is 5. The molecule has 20 heavy (non-hydrogen) atoms. The number of hydrogen-bond donors (Lipinski definition) is 2. The molecule has 0 atom stereocenters. The molecule has 0 bridgehead atoms. The molecule has 0 aliphatic carbocycles. The molecule has 0 aliphatic rings. The van der Waals surface area contributed by atoms with Gasteiger partial charge in [0, 0.05) is 16.7 Å². The summed E-state index contributed by atoms with van der Waals surface area (Å²) in [5.74, 6) is 0.792. The number of nitrogens with two attached hydrogens (primary N) is 1. The Balaban J connectivity index is 2.33. The Bertz CT molecular complexity index is 717. The van der Waals surface area contributed by atoms with Gasteiger partial charge in [-0.1, -0.05) is 15.9 Å². The predicted octanol–water partition coefficient (Wildman–Crippen LogP) is 2.24. The first kappa shape index (κ1) is 14.6. The number of ether oxygens (including phenoxy) is 1. The van der Waals surface area contributed by atoms with E-state index in [0.717, 1.165) is 0 Å². The van der Waals surface area contributed by atoms with Gasteiger partial charge in [-0.3, -0.25) is 4.72 Å². The Labute approximate surface area is 125 Å². The number of benzene rings is 1. The van der Waals surface area contributed by atoms with E-state index in [2.05, 4.69) is 25.6 Å². The van der Waals surface area contributed by atoms with Crippen LogP contribution in [0.5, 0.6) is 5.75 Å². The zero-order valence-corrected chi connectivity index (χ0v) is 12.9. The standard InChI is InChI=1S/C12H12BrN3O3S/c1-19-10-5-8(13)4-9(6-10)16-20(17,18)11-2-3-12(14)15-7-11/h2-7,16H,1H3,(H2,14,15). The van der Waals surface area contributed by atoms with Crippen LogP contribution in [-0.2, 0) is 10.0 Å². The summed E-state index contributed by atoms with van der Waals surface area (Å²) in [5, 5.41) is 0. The van der Waals surface area contributed by atoms with Crippen LogP contribution >= 0.6 is 15.9 Å². The first-order valence-corrected chi connectivity index (χ1v) is 7.77. The van der Waals surface area contributed by atoms with Crippen molar-refractivity contribution in [2.45, 2.75) is 4.90 Å². The summed E-state index contributed by atoms with van der Waals surface area (Å²) in [6.45, 7) is 0. The SMILES string of the molecule is COc1cc(Br)cc(NS(=O)(=O)c2ccc(N)nc2)c1. The third kappa shape index (κ3) is 3.40. The van der Waals surface area contributed by atoms with Crippen LogP contribution in [0.3, 0.4) is 0 Å². The number of aromatic nitrogens is 1. The number of rotatable bonds is 4. The maximum atomic E-state index is 12.2. The largest absolute Gasteiger partial charge is 0.497 e. The molecule has 0 radical (unpaired) electrons. The van der Waals surface area contributed by atoms with E-state index in [9.17, 15) is 8.42 Å². The van der Waals surface area contributed by atoms with Gasteiger partial charge in [-0.25, -0.2) is 13.4 Å². The summed E-state index contributed by atoms with van der Waals surface area (Å²) < 4.78 is 32.6. The van der Waals surface area contributed by atoms with Gasteiger partial charge >= 0.3 is 0 Å². The van der Waals surface area contributed by atoms with Crippen molar-refractivity contribution in [1.29, 1.82) is 0 Å². The van der Waals surface area contributed by atoms with Gasteiger partial charge in [-0.2, -0.15) is 0 Å². The van der Waals surface area contributed by atoms with Crippen LogP contribution in [0.25, 0.3) is 0 Å². The molecule has 2 rings (SSSR count). The van der Waals surface area contributed by atoms with E-state index in [1.165, 1.54) is 25.4 Å². The fourth-order valence-corrected chi connectivity index (χ4v) is 2.96. The van der Waals surface area contributed by atoms with Crippen molar-refractivity contribution in [2.75, 3.05) is 17.6 Å². The number of nitrogen functional groups attached to an aromatic ring is 1. The number of sulfonamides is 1. The van der Waals surface area contributed by atoms with Crippen LogP contribution in [0.1, 0.15) is 0 Å². The van der Waals surface area contributed by atoms with Gasteiger partial charge in [-0.05, 0) is 24.3 Å². The van der Waals surface area contributed by atoms with Crippen LogP contribution in [-0.4, -0.2) is 20.5 Å². The highest BCUT2D eigenvalue weighted by atomic mass is 79.9. The lowest BCUT2D eigenvalue weighted by Crippen LogP contribution is -2.13. The summed E-state index contributed by atoms with van der Waals surface area (Å²) in [6, 6.07) is 7.75. The summed E-state index contributed by atoms with van der Waals surface area (Å²) in [4.78, 5) is 3.80. The average Bonchev–Trinajstić information content (AvgIpc) is 2.37. The second kappa shape index (κ2) is 5.68. The first-order valence-electron chi connectivity index (χ1n) is 5.49. The number of anilines is 2. The second-order valence-electron chi connectivity index (χ2n) is 3.90. The Kier molecular flexibility index (Phi) is 4.15. The monoisotopic (exact) mass is 357 g/mol. The van der Waals surface area contributed by atoms with E-state index in [0.29, 0.717) is 15.9 Å². The minimum absolute atomic E-state index is 0.0330. The lowest BCUT2D eigenvalue weighted by molar-refractivity contribution is 0.415. The summed E-state index contributed by atoms with van der Waals surface area (Å²) in [6.07, 6.45) is 1.20. The summed E-state index contributed by atoms with van der Waals surface area (Å²) in [7, 11) is -2.21. The van der Waals surface area contributed by atoms with Crippen LogP contribution in [0.4, 0.5) is 11.5 Å². The van der Waals surface area contributed by atoms with Crippen LogP contribution < -0.4 is 15.2 Å². The molecule has 6 nitrogen and oxygen atoms in total. The normalized spacial score (nSPS) is 11.1. The van der Waals surface area contributed by atoms with E-state index in [1.807, 2.05) is 0 Å². The van der Waals surface area contributed by atoms with Crippen molar-refractivity contribution in [3.63, 3.8) is 0 Å².